The molecule has 0 radical (unpaired) electrons. The van der Waals surface area contributed by atoms with Crippen LogP contribution in [0.5, 0.6) is 0 Å². The van der Waals surface area contributed by atoms with Crippen molar-refractivity contribution in [1.82, 2.24) is 5.32 Å². The first-order valence-electron chi connectivity index (χ1n) is 7.83. The highest BCUT2D eigenvalue weighted by Crippen LogP contribution is 2.08. The molecule has 4 nitrogen and oxygen atoms in total. The third-order valence-electron chi connectivity index (χ3n) is 2.86. The van der Waals surface area contributed by atoms with E-state index < -0.39 is 8.32 Å². The molecular weight excluding hydrogens is 270 g/mol. The van der Waals surface area contributed by atoms with Crippen molar-refractivity contribution in [2.45, 2.75) is 77.9 Å². The molecular formula is C15H31NO3Si. The fourth-order valence-electron chi connectivity index (χ4n) is 1.88. The van der Waals surface area contributed by atoms with Crippen LogP contribution in [0.2, 0.25) is 19.6 Å². The fraction of sp³-hybridized carbons (Fsp3) is 0.867. The van der Waals surface area contributed by atoms with E-state index in [0.29, 0.717) is 6.42 Å². The number of hydrogen-bond acceptors (Lipinski definition) is 3. The molecule has 0 spiro atoms. The van der Waals surface area contributed by atoms with Crippen molar-refractivity contribution in [1.29, 1.82) is 0 Å². The van der Waals surface area contributed by atoms with Crippen molar-refractivity contribution in [3.8, 4) is 0 Å². The van der Waals surface area contributed by atoms with Crippen LogP contribution in [-0.4, -0.2) is 26.7 Å². The van der Waals surface area contributed by atoms with E-state index in [1.165, 1.54) is 32.1 Å². The van der Waals surface area contributed by atoms with Crippen molar-refractivity contribution >= 4 is 20.2 Å². The van der Waals surface area contributed by atoms with Gasteiger partial charge in [-0.1, -0.05) is 45.4 Å². The summed E-state index contributed by atoms with van der Waals surface area (Å²) in [6.45, 7) is 8.05. The smallest absolute Gasteiger partial charge is 0.312 e. The summed E-state index contributed by atoms with van der Waals surface area (Å²) in [7, 11) is -1.84. The van der Waals surface area contributed by atoms with Gasteiger partial charge in [0.05, 0.1) is 0 Å². The van der Waals surface area contributed by atoms with Crippen LogP contribution >= 0.6 is 0 Å². The quantitative estimate of drug-likeness (QED) is 0.468. The number of carbonyl (C=O) groups is 2. The molecule has 20 heavy (non-hydrogen) atoms. The van der Waals surface area contributed by atoms with E-state index in [9.17, 15) is 9.59 Å². The van der Waals surface area contributed by atoms with Crippen LogP contribution in [0.25, 0.3) is 0 Å². The first kappa shape index (κ1) is 19.2. The maximum Gasteiger partial charge on any atom is 0.312 e. The number of hydrogen-bond donors (Lipinski definition) is 1. The molecule has 0 bridgehead atoms. The van der Waals surface area contributed by atoms with E-state index >= 15 is 0 Å². The number of carbonyl (C=O) groups excluding carboxylic acids is 2. The van der Waals surface area contributed by atoms with Crippen LogP contribution in [0.15, 0.2) is 0 Å². The Hall–Kier alpha value is -0.843. The minimum atomic E-state index is -1.84. The average Bonchev–Trinajstić information content (AvgIpc) is 2.33. The number of nitrogens with one attached hydrogen (secondary N) is 1. The summed E-state index contributed by atoms with van der Waals surface area (Å²) in [5.74, 6) is -0.372. The molecule has 0 saturated carbocycles. The molecule has 0 unspecified atom stereocenters. The van der Waals surface area contributed by atoms with E-state index in [0.717, 1.165) is 12.8 Å². The Balaban J connectivity index is 3.48. The predicted molar refractivity (Wildman–Crippen MR) is 85.1 cm³/mol. The molecule has 0 atom stereocenters. The zero-order chi connectivity index (χ0) is 15.4. The molecule has 0 aromatic rings. The second kappa shape index (κ2) is 10.9. The minimum Gasteiger partial charge on any atom is -0.519 e. The Labute approximate surface area is 124 Å². The topological polar surface area (TPSA) is 55.4 Å². The van der Waals surface area contributed by atoms with Gasteiger partial charge in [-0.25, -0.2) is 0 Å². The number of amides is 1. The third kappa shape index (κ3) is 13.6. The van der Waals surface area contributed by atoms with Crippen molar-refractivity contribution in [2.24, 2.45) is 0 Å². The van der Waals surface area contributed by atoms with Crippen LogP contribution in [-0.2, 0) is 14.0 Å². The summed E-state index contributed by atoms with van der Waals surface area (Å²) in [4.78, 5) is 23.0. The lowest BCUT2D eigenvalue weighted by atomic mass is 10.1. The van der Waals surface area contributed by atoms with Gasteiger partial charge in [0, 0.05) is 6.42 Å². The van der Waals surface area contributed by atoms with Crippen LogP contribution < -0.4 is 5.32 Å². The summed E-state index contributed by atoms with van der Waals surface area (Å²) in [5.41, 5.74) is 0. The minimum absolute atomic E-state index is 0.000394. The molecule has 118 valence electrons. The molecule has 0 aromatic carbocycles. The highest BCUT2D eigenvalue weighted by atomic mass is 28.4. The molecule has 0 aromatic heterocycles. The summed E-state index contributed by atoms with van der Waals surface area (Å²) in [6.07, 6.45) is 8.83. The van der Waals surface area contributed by atoms with E-state index in [-0.39, 0.29) is 18.4 Å². The number of rotatable bonds is 11. The Morgan fingerprint density at radius 2 is 1.50 bits per heavy atom. The average molecular weight is 302 g/mol. The van der Waals surface area contributed by atoms with Gasteiger partial charge in [0.1, 0.15) is 6.54 Å². The molecule has 1 amide bonds. The second-order valence-corrected chi connectivity index (χ2v) is 10.7. The zero-order valence-electron chi connectivity index (χ0n) is 13.6. The third-order valence-corrected chi connectivity index (χ3v) is 3.70. The zero-order valence-corrected chi connectivity index (χ0v) is 14.6. The van der Waals surface area contributed by atoms with E-state index in [1.807, 2.05) is 19.6 Å². The molecule has 0 aliphatic rings. The van der Waals surface area contributed by atoms with Crippen LogP contribution in [0.1, 0.15) is 58.3 Å². The van der Waals surface area contributed by atoms with Crippen LogP contribution in [0, 0.1) is 0 Å². The normalized spacial score (nSPS) is 11.2. The first-order valence-corrected chi connectivity index (χ1v) is 11.2. The van der Waals surface area contributed by atoms with Gasteiger partial charge in [0.15, 0.2) is 0 Å². The van der Waals surface area contributed by atoms with Gasteiger partial charge in [0.25, 0.3) is 0 Å². The predicted octanol–water partition coefficient (Wildman–Crippen LogP) is 3.62. The van der Waals surface area contributed by atoms with E-state index in [2.05, 4.69) is 12.2 Å². The summed E-state index contributed by atoms with van der Waals surface area (Å²) < 4.78 is 5.25. The Kier molecular flexibility index (Phi) is 10.4. The van der Waals surface area contributed by atoms with Crippen LogP contribution in [0.4, 0.5) is 0 Å². The van der Waals surface area contributed by atoms with Gasteiger partial charge < -0.3 is 9.74 Å². The van der Waals surface area contributed by atoms with Crippen LogP contribution in [0.3, 0.4) is 0 Å². The van der Waals surface area contributed by atoms with Gasteiger partial charge in [-0.3, -0.25) is 9.59 Å². The van der Waals surface area contributed by atoms with Crippen molar-refractivity contribution < 1.29 is 14.0 Å². The largest absolute Gasteiger partial charge is 0.519 e. The first-order chi connectivity index (χ1) is 9.35. The Morgan fingerprint density at radius 1 is 0.950 bits per heavy atom. The SMILES string of the molecule is CCCCCCCCCC(=O)NCC(=O)O[Si](C)(C)C. The lowest BCUT2D eigenvalue weighted by Crippen LogP contribution is -2.36. The van der Waals surface area contributed by atoms with Gasteiger partial charge in [-0.2, -0.15) is 0 Å². The lowest BCUT2D eigenvalue weighted by molar-refractivity contribution is -0.136. The monoisotopic (exact) mass is 301 g/mol. The van der Waals surface area contributed by atoms with E-state index in [1.54, 1.807) is 0 Å². The van der Waals surface area contributed by atoms with Gasteiger partial charge in [-0.15, -0.1) is 0 Å². The molecule has 0 rings (SSSR count). The fourth-order valence-corrected chi connectivity index (χ4v) is 2.63. The standard InChI is InChI=1S/C15H31NO3Si/c1-5-6-7-8-9-10-11-12-14(17)16-13-15(18)19-20(2,3)4/h5-13H2,1-4H3,(H,16,17). The summed E-state index contributed by atoms with van der Waals surface area (Å²) in [6, 6.07) is 0. The maximum absolute atomic E-state index is 11.5. The molecule has 0 aliphatic heterocycles. The summed E-state index contributed by atoms with van der Waals surface area (Å²) >= 11 is 0. The Morgan fingerprint density at radius 3 is 2.05 bits per heavy atom. The van der Waals surface area contributed by atoms with Crippen molar-refractivity contribution in [3.05, 3.63) is 0 Å². The second-order valence-electron chi connectivity index (χ2n) is 6.23. The van der Waals surface area contributed by atoms with Gasteiger partial charge in [0.2, 0.25) is 14.2 Å². The van der Waals surface area contributed by atoms with E-state index in [4.69, 9.17) is 4.43 Å². The highest BCUT2D eigenvalue weighted by molar-refractivity contribution is 6.71. The summed E-state index contributed by atoms with van der Waals surface area (Å²) in [5, 5.41) is 2.62. The molecule has 5 heteroatoms. The van der Waals surface area contributed by atoms with Crippen molar-refractivity contribution in [3.63, 3.8) is 0 Å². The van der Waals surface area contributed by atoms with Gasteiger partial charge in [-0.05, 0) is 26.1 Å². The highest BCUT2D eigenvalue weighted by Gasteiger charge is 2.19. The molecule has 0 heterocycles. The van der Waals surface area contributed by atoms with Crippen molar-refractivity contribution in [2.75, 3.05) is 6.54 Å². The molecule has 0 aliphatic carbocycles. The lowest BCUT2D eigenvalue weighted by Gasteiger charge is -2.17. The molecule has 1 N–H and O–H groups in total. The number of unbranched alkanes of at least 4 members (excludes halogenated alkanes) is 6. The molecule has 0 fully saturated rings. The maximum atomic E-state index is 11.5. The Bertz CT molecular complexity index is 287. The van der Waals surface area contributed by atoms with Gasteiger partial charge >= 0.3 is 5.97 Å². The molecule has 0 saturated heterocycles.